The van der Waals surface area contributed by atoms with Gasteiger partial charge in [-0.25, -0.2) is 0 Å². The Morgan fingerprint density at radius 3 is 2.25 bits per heavy atom. The van der Waals surface area contributed by atoms with Gasteiger partial charge in [-0.15, -0.1) is 12.4 Å². The number of halogens is 1. The van der Waals surface area contributed by atoms with Gasteiger partial charge in [0.1, 0.15) is 0 Å². The minimum absolute atomic E-state index is 0. The summed E-state index contributed by atoms with van der Waals surface area (Å²) < 4.78 is 0. The summed E-state index contributed by atoms with van der Waals surface area (Å²) in [6.45, 7) is 4.84. The molecule has 0 spiro atoms. The number of hydrogen-bond donors (Lipinski definition) is 1. The Morgan fingerprint density at radius 1 is 1.00 bits per heavy atom. The monoisotopic (exact) mass is 192 g/mol. The predicted molar refractivity (Wildman–Crippen MR) is 55.8 cm³/mol. The summed E-state index contributed by atoms with van der Waals surface area (Å²) in [6.07, 6.45) is 6.69. The molecule has 0 aromatic rings. The van der Waals surface area contributed by atoms with E-state index < -0.39 is 0 Å². The number of unbranched alkanes of at least 4 members (excludes halogenated alkanes) is 2. The average Bonchev–Trinajstić information content (AvgIpc) is 2.50. The molecular weight excluding hydrogens is 172 g/mol. The summed E-state index contributed by atoms with van der Waals surface area (Å²) in [7, 11) is 0. The van der Waals surface area contributed by atoms with E-state index in [1.807, 2.05) is 0 Å². The van der Waals surface area contributed by atoms with Crippen molar-refractivity contribution in [1.29, 1.82) is 0 Å². The summed E-state index contributed by atoms with van der Waals surface area (Å²) >= 11 is 0. The lowest BCUT2D eigenvalue weighted by atomic mass is 10.2. The second-order valence-electron chi connectivity index (χ2n) is 3.40. The Balaban J connectivity index is 0.00000121. The first-order valence-corrected chi connectivity index (χ1v) is 4.86. The number of nitrogens with two attached hydrogens (primary N) is 1. The quantitative estimate of drug-likeness (QED) is 0.672. The lowest BCUT2D eigenvalue weighted by molar-refractivity contribution is 0.329. The van der Waals surface area contributed by atoms with Crippen molar-refractivity contribution >= 4 is 12.4 Å². The van der Waals surface area contributed by atoms with Gasteiger partial charge in [0.15, 0.2) is 0 Å². The zero-order valence-electron chi connectivity index (χ0n) is 7.80. The van der Waals surface area contributed by atoms with Crippen LogP contribution in [-0.2, 0) is 0 Å². The Morgan fingerprint density at radius 2 is 1.67 bits per heavy atom. The maximum atomic E-state index is 5.41. The highest BCUT2D eigenvalue weighted by Gasteiger charge is 2.09. The smallest absolute Gasteiger partial charge is 0.00183 e. The van der Waals surface area contributed by atoms with E-state index >= 15 is 0 Å². The van der Waals surface area contributed by atoms with Crippen LogP contribution in [-0.4, -0.2) is 31.1 Å². The van der Waals surface area contributed by atoms with Crippen LogP contribution in [0.1, 0.15) is 32.1 Å². The highest BCUT2D eigenvalue weighted by Crippen LogP contribution is 2.08. The molecule has 1 aliphatic heterocycles. The second-order valence-corrected chi connectivity index (χ2v) is 3.40. The molecule has 2 nitrogen and oxygen atoms in total. The van der Waals surface area contributed by atoms with E-state index in [-0.39, 0.29) is 12.4 Å². The molecule has 1 heterocycles. The molecule has 0 saturated carbocycles. The Kier molecular flexibility index (Phi) is 7.98. The van der Waals surface area contributed by atoms with Gasteiger partial charge in [-0.2, -0.15) is 0 Å². The maximum Gasteiger partial charge on any atom is -0.00183 e. The summed E-state index contributed by atoms with van der Waals surface area (Å²) in [5, 5.41) is 0. The van der Waals surface area contributed by atoms with Crippen molar-refractivity contribution in [2.45, 2.75) is 32.1 Å². The van der Waals surface area contributed by atoms with Gasteiger partial charge in [0.05, 0.1) is 0 Å². The standard InChI is InChI=1S/C9H20N2.ClH/c10-6-2-1-3-7-11-8-4-5-9-11;/h1-10H2;1H. The van der Waals surface area contributed by atoms with Gasteiger partial charge in [0, 0.05) is 0 Å². The fraction of sp³-hybridized carbons (Fsp3) is 1.00. The van der Waals surface area contributed by atoms with Crippen molar-refractivity contribution in [3.8, 4) is 0 Å². The molecule has 1 aliphatic rings. The third kappa shape index (κ3) is 4.96. The fourth-order valence-electron chi connectivity index (χ4n) is 1.66. The fourth-order valence-corrected chi connectivity index (χ4v) is 1.66. The van der Waals surface area contributed by atoms with Crippen LogP contribution in [0.3, 0.4) is 0 Å². The summed E-state index contributed by atoms with van der Waals surface area (Å²) in [4.78, 5) is 2.57. The normalized spacial score (nSPS) is 17.8. The van der Waals surface area contributed by atoms with Crippen molar-refractivity contribution in [2.24, 2.45) is 5.73 Å². The molecule has 0 unspecified atom stereocenters. The maximum absolute atomic E-state index is 5.41. The molecule has 0 aliphatic carbocycles. The van der Waals surface area contributed by atoms with Crippen LogP contribution in [0.4, 0.5) is 0 Å². The van der Waals surface area contributed by atoms with Gasteiger partial charge in [0.2, 0.25) is 0 Å². The zero-order valence-corrected chi connectivity index (χ0v) is 8.61. The minimum Gasteiger partial charge on any atom is -0.330 e. The molecule has 1 rings (SSSR count). The summed E-state index contributed by atoms with van der Waals surface area (Å²) in [5.41, 5.74) is 5.41. The number of rotatable bonds is 5. The molecule has 1 saturated heterocycles. The molecule has 2 N–H and O–H groups in total. The van der Waals surface area contributed by atoms with Crippen molar-refractivity contribution in [1.82, 2.24) is 4.90 Å². The highest BCUT2D eigenvalue weighted by molar-refractivity contribution is 5.85. The number of nitrogens with zero attached hydrogens (tertiary/aromatic N) is 1. The first kappa shape index (κ1) is 12.2. The molecule has 1 fully saturated rings. The van der Waals surface area contributed by atoms with Crippen LogP contribution in [0, 0.1) is 0 Å². The first-order chi connectivity index (χ1) is 5.43. The molecular formula is C9H21ClN2. The van der Waals surface area contributed by atoms with Crippen LogP contribution < -0.4 is 5.73 Å². The highest BCUT2D eigenvalue weighted by atomic mass is 35.5. The SMILES string of the molecule is Cl.NCCCCCN1CCCC1. The number of likely N-dealkylation sites (tertiary alicyclic amines) is 1. The molecule has 0 atom stereocenters. The Bertz CT molecular complexity index is 92.5. The summed E-state index contributed by atoms with van der Waals surface area (Å²) in [6, 6.07) is 0. The van der Waals surface area contributed by atoms with Crippen LogP contribution in [0.25, 0.3) is 0 Å². The average molecular weight is 193 g/mol. The molecule has 0 aromatic carbocycles. The van der Waals surface area contributed by atoms with E-state index in [2.05, 4.69) is 4.90 Å². The molecule has 74 valence electrons. The number of hydrogen-bond acceptors (Lipinski definition) is 2. The van der Waals surface area contributed by atoms with Crippen LogP contribution >= 0.6 is 12.4 Å². The van der Waals surface area contributed by atoms with E-state index in [0.717, 1.165) is 6.54 Å². The van der Waals surface area contributed by atoms with Gasteiger partial charge in [0.25, 0.3) is 0 Å². The lowest BCUT2D eigenvalue weighted by Gasteiger charge is -2.13. The second kappa shape index (κ2) is 7.84. The van der Waals surface area contributed by atoms with E-state index in [9.17, 15) is 0 Å². The molecule has 3 heteroatoms. The Labute approximate surface area is 81.9 Å². The topological polar surface area (TPSA) is 29.3 Å². The van der Waals surface area contributed by atoms with Crippen molar-refractivity contribution in [3.05, 3.63) is 0 Å². The summed E-state index contributed by atoms with van der Waals surface area (Å²) in [5.74, 6) is 0. The molecule has 0 bridgehead atoms. The van der Waals surface area contributed by atoms with Gasteiger partial charge in [-0.1, -0.05) is 6.42 Å². The van der Waals surface area contributed by atoms with Gasteiger partial charge >= 0.3 is 0 Å². The van der Waals surface area contributed by atoms with Crippen molar-refractivity contribution in [2.75, 3.05) is 26.2 Å². The third-order valence-electron chi connectivity index (χ3n) is 2.38. The van der Waals surface area contributed by atoms with Gasteiger partial charge in [-0.05, 0) is 51.9 Å². The van der Waals surface area contributed by atoms with Crippen molar-refractivity contribution < 1.29 is 0 Å². The zero-order chi connectivity index (χ0) is 7.94. The minimum atomic E-state index is 0. The predicted octanol–water partition coefficient (Wildman–Crippen LogP) is 1.63. The third-order valence-corrected chi connectivity index (χ3v) is 2.38. The molecule has 12 heavy (non-hydrogen) atoms. The van der Waals surface area contributed by atoms with E-state index in [4.69, 9.17) is 5.73 Å². The van der Waals surface area contributed by atoms with Crippen LogP contribution in [0.15, 0.2) is 0 Å². The van der Waals surface area contributed by atoms with Crippen LogP contribution in [0.5, 0.6) is 0 Å². The van der Waals surface area contributed by atoms with E-state index in [0.29, 0.717) is 0 Å². The first-order valence-electron chi connectivity index (χ1n) is 4.86. The lowest BCUT2D eigenvalue weighted by Crippen LogP contribution is -2.20. The Hall–Kier alpha value is 0.210. The van der Waals surface area contributed by atoms with Gasteiger partial charge < -0.3 is 10.6 Å². The molecule has 0 aromatic heterocycles. The molecule has 0 radical (unpaired) electrons. The molecule has 0 amide bonds. The van der Waals surface area contributed by atoms with Crippen molar-refractivity contribution in [3.63, 3.8) is 0 Å². The van der Waals surface area contributed by atoms with E-state index in [1.165, 1.54) is 51.7 Å². The van der Waals surface area contributed by atoms with Crippen LogP contribution in [0.2, 0.25) is 0 Å². The van der Waals surface area contributed by atoms with E-state index in [1.54, 1.807) is 0 Å². The van der Waals surface area contributed by atoms with Gasteiger partial charge in [-0.3, -0.25) is 0 Å². The largest absolute Gasteiger partial charge is 0.330 e.